The molecule has 0 radical (unpaired) electrons. The second-order valence-electron chi connectivity index (χ2n) is 4.45. The molecule has 22 heavy (non-hydrogen) atoms. The fourth-order valence-corrected chi connectivity index (χ4v) is 2.35. The van der Waals surface area contributed by atoms with E-state index in [1.54, 1.807) is 30.3 Å². The second kappa shape index (κ2) is 6.71. The van der Waals surface area contributed by atoms with E-state index in [2.05, 4.69) is 21.2 Å². The molecule has 2 rings (SSSR count). The maximum absolute atomic E-state index is 12.7. The third kappa shape index (κ3) is 4.01. The Morgan fingerprint density at radius 2 is 1.77 bits per heavy atom. The number of carbonyl (C=O) groups is 1. The zero-order valence-electron chi connectivity index (χ0n) is 11.0. The topological polar surface area (TPSA) is 29.1 Å². The number of alkyl halides is 4. The van der Waals surface area contributed by atoms with Crippen molar-refractivity contribution in [2.45, 2.75) is 11.0 Å². The minimum absolute atomic E-state index is 0.0362. The van der Waals surface area contributed by atoms with Crippen LogP contribution in [0, 0.1) is 0 Å². The van der Waals surface area contributed by atoms with Gasteiger partial charge in [-0.05, 0) is 23.8 Å². The summed E-state index contributed by atoms with van der Waals surface area (Å²) in [6.45, 7) is 0. The van der Waals surface area contributed by atoms with Gasteiger partial charge in [-0.1, -0.05) is 57.9 Å². The van der Waals surface area contributed by atoms with Crippen molar-refractivity contribution in [1.29, 1.82) is 0 Å². The first-order chi connectivity index (χ1) is 10.3. The maximum atomic E-state index is 12.7. The molecule has 1 N–H and O–H groups in total. The van der Waals surface area contributed by atoms with Crippen LogP contribution in [-0.4, -0.2) is 5.91 Å². The Labute approximate surface area is 138 Å². The van der Waals surface area contributed by atoms with Crippen molar-refractivity contribution in [2.24, 2.45) is 0 Å². The number of hydrogen-bond donors (Lipinski definition) is 1. The fraction of sp³-hybridized carbons (Fsp3) is 0.133. The van der Waals surface area contributed by atoms with Crippen LogP contribution in [0.5, 0.6) is 0 Å². The normalized spacial score (nSPS) is 12.8. The van der Waals surface area contributed by atoms with Gasteiger partial charge < -0.3 is 5.32 Å². The van der Waals surface area contributed by atoms with E-state index in [1.807, 2.05) is 0 Å². The van der Waals surface area contributed by atoms with Crippen LogP contribution in [0.3, 0.4) is 0 Å². The second-order valence-corrected chi connectivity index (χ2v) is 5.78. The molecule has 0 fully saturated rings. The Bertz CT molecular complexity index is 676. The van der Waals surface area contributed by atoms with E-state index in [-0.39, 0.29) is 10.7 Å². The average Bonchev–Trinajstić information content (AvgIpc) is 2.48. The van der Waals surface area contributed by atoms with Gasteiger partial charge in [0, 0.05) is 0 Å². The van der Waals surface area contributed by atoms with E-state index < -0.39 is 22.5 Å². The van der Waals surface area contributed by atoms with Gasteiger partial charge in [0.05, 0.1) is 16.3 Å². The summed E-state index contributed by atoms with van der Waals surface area (Å²) in [4.78, 5) is 11.4. The quantitative estimate of drug-likeness (QED) is 0.693. The minimum Gasteiger partial charge on any atom is -0.323 e. The summed E-state index contributed by atoms with van der Waals surface area (Å²) < 4.78 is 38.1. The van der Waals surface area contributed by atoms with Crippen LogP contribution < -0.4 is 5.32 Å². The number of nitrogens with one attached hydrogen (secondary N) is 1. The monoisotopic (exact) mass is 391 g/mol. The van der Waals surface area contributed by atoms with Crippen molar-refractivity contribution in [1.82, 2.24) is 0 Å². The molecule has 0 bridgehead atoms. The summed E-state index contributed by atoms with van der Waals surface area (Å²) in [5, 5.41) is 2.44. The van der Waals surface area contributed by atoms with Crippen LogP contribution >= 0.6 is 27.5 Å². The summed E-state index contributed by atoms with van der Waals surface area (Å²) in [5.74, 6) is -0.507. The third-order valence-electron chi connectivity index (χ3n) is 2.87. The molecule has 0 unspecified atom stereocenters. The van der Waals surface area contributed by atoms with Gasteiger partial charge in [0.1, 0.15) is 4.83 Å². The fourth-order valence-electron chi connectivity index (χ4n) is 1.77. The Morgan fingerprint density at radius 3 is 2.36 bits per heavy atom. The Morgan fingerprint density at radius 1 is 1.14 bits per heavy atom. The molecule has 2 aromatic carbocycles. The molecule has 7 heteroatoms. The van der Waals surface area contributed by atoms with Crippen LogP contribution in [0.25, 0.3) is 0 Å². The van der Waals surface area contributed by atoms with Crippen LogP contribution in [0.15, 0.2) is 48.5 Å². The molecule has 0 saturated heterocycles. The molecule has 2 nitrogen and oxygen atoms in total. The lowest BCUT2D eigenvalue weighted by atomic mass is 10.1. The highest BCUT2D eigenvalue weighted by Crippen LogP contribution is 2.34. The van der Waals surface area contributed by atoms with Gasteiger partial charge in [-0.25, -0.2) is 0 Å². The SMILES string of the molecule is O=C(Nc1cc(C(F)(F)F)ccc1Cl)[C@@H](Br)c1ccccc1. The highest BCUT2D eigenvalue weighted by atomic mass is 79.9. The van der Waals surface area contributed by atoms with Gasteiger partial charge in [0.15, 0.2) is 0 Å². The lowest BCUT2D eigenvalue weighted by Gasteiger charge is -2.14. The van der Waals surface area contributed by atoms with E-state index in [0.717, 1.165) is 18.2 Å². The van der Waals surface area contributed by atoms with Crippen LogP contribution in [0.1, 0.15) is 16.0 Å². The highest BCUT2D eigenvalue weighted by molar-refractivity contribution is 9.09. The molecular weight excluding hydrogens is 383 g/mol. The summed E-state index contributed by atoms with van der Waals surface area (Å²) in [5.41, 5.74) is -0.275. The van der Waals surface area contributed by atoms with Crippen molar-refractivity contribution >= 4 is 39.1 Å². The molecular formula is C15H10BrClF3NO. The van der Waals surface area contributed by atoms with E-state index >= 15 is 0 Å². The van der Waals surface area contributed by atoms with Gasteiger partial charge in [0.2, 0.25) is 5.91 Å². The van der Waals surface area contributed by atoms with E-state index in [1.165, 1.54) is 0 Å². The van der Waals surface area contributed by atoms with Crippen molar-refractivity contribution in [3.8, 4) is 0 Å². The van der Waals surface area contributed by atoms with Gasteiger partial charge in [-0.2, -0.15) is 13.2 Å². The standard InChI is InChI=1S/C15H10BrClF3NO/c16-13(9-4-2-1-3-5-9)14(22)21-12-8-10(15(18,19)20)6-7-11(12)17/h1-8,13H,(H,21,22)/t13-/m0/s1. The van der Waals surface area contributed by atoms with Crippen LogP contribution in [-0.2, 0) is 11.0 Å². The summed E-state index contributed by atoms with van der Waals surface area (Å²) in [6.07, 6.45) is -4.50. The van der Waals surface area contributed by atoms with Crippen molar-refractivity contribution in [3.63, 3.8) is 0 Å². The van der Waals surface area contributed by atoms with E-state index in [4.69, 9.17) is 11.6 Å². The Hall–Kier alpha value is -1.53. The molecule has 0 saturated carbocycles. The average molecular weight is 393 g/mol. The number of carbonyl (C=O) groups excluding carboxylic acids is 1. The Kier molecular flexibility index (Phi) is 5.13. The zero-order chi connectivity index (χ0) is 16.3. The number of hydrogen-bond acceptors (Lipinski definition) is 1. The number of amides is 1. The number of rotatable bonds is 3. The molecule has 0 spiro atoms. The molecule has 2 aromatic rings. The predicted octanol–water partition coefficient (Wildman–Crippen LogP) is 5.43. The maximum Gasteiger partial charge on any atom is 0.416 e. The van der Waals surface area contributed by atoms with Gasteiger partial charge in [-0.15, -0.1) is 0 Å². The largest absolute Gasteiger partial charge is 0.416 e. The molecule has 1 amide bonds. The lowest BCUT2D eigenvalue weighted by molar-refractivity contribution is -0.137. The smallest absolute Gasteiger partial charge is 0.323 e. The van der Waals surface area contributed by atoms with Gasteiger partial charge >= 0.3 is 6.18 Å². The first-order valence-corrected chi connectivity index (χ1v) is 7.45. The van der Waals surface area contributed by atoms with Crippen molar-refractivity contribution < 1.29 is 18.0 Å². The number of halogens is 5. The first kappa shape index (κ1) is 16.8. The summed E-state index contributed by atoms with van der Waals surface area (Å²) >= 11 is 9.06. The lowest BCUT2D eigenvalue weighted by Crippen LogP contribution is -2.18. The van der Waals surface area contributed by atoms with Gasteiger partial charge in [0.25, 0.3) is 0 Å². The van der Waals surface area contributed by atoms with Crippen LogP contribution in [0.2, 0.25) is 5.02 Å². The number of benzene rings is 2. The molecule has 0 aromatic heterocycles. The van der Waals surface area contributed by atoms with E-state index in [9.17, 15) is 18.0 Å². The minimum atomic E-state index is -4.50. The van der Waals surface area contributed by atoms with Crippen molar-refractivity contribution in [3.05, 3.63) is 64.7 Å². The highest BCUT2D eigenvalue weighted by Gasteiger charge is 2.31. The van der Waals surface area contributed by atoms with Crippen LogP contribution in [0.4, 0.5) is 18.9 Å². The summed E-state index contributed by atoms with van der Waals surface area (Å²) in [6, 6.07) is 11.5. The third-order valence-corrected chi connectivity index (χ3v) is 4.15. The Balaban J connectivity index is 2.21. The molecule has 116 valence electrons. The molecule has 1 atom stereocenters. The molecule has 0 aliphatic rings. The van der Waals surface area contributed by atoms with E-state index in [0.29, 0.717) is 5.56 Å². The molecule has 0 aliphatic heterocycles. The predicted molar refractivity (Wildman–Crippen MR) is 83.2 cm³/mol. The molecule has 0 heterocycles. The molecule has 0 aliphatic carbocycles. The zero-order valence-corrected chi connectivity index (χ0v) is 13.3. The first-order valence-electron chi connectivity index (χ1n) is 6.15. The van der Waals surface area contributed by atoms with Crippen molar-refractivity contribution in [2.75, 3.05) is 5.32 Å². The number of anilines is 1. The van der Waals surface area contributed by atoms with Gasteiger partial charge in [-0.3, -0.25) is 4.79 Å². The summed E-state index contributed by atoms with van der Waals surface area (Å²) in [7, 11) is 0.